The fraction of sp³-hybridized carbons (Fsp3) is 0.692. The van der Waals surface area contributed by atoms with Crippen LogP contribution < -0.4 is 0 Å². The molecule has 0 aliphatic heterocycles. The second-order valence-corrected chi connectivity index (χ2v) is 7.37. The minimum Gasteiger partial charge on any atom is -0.387 e. The van der Waals surface area contributed by atoms with Crippen LogP contribution in [0, 0.1) is 11.8 Å². The minimum absolute atomic E-state index is 0.339. The van der Waals surface area contributed by atoms with Gasteiger partial charge in [-0.05, 0) is 40.3 Å². The molecule has 0 amide bonds. The molecular weight excluding hydrogens is 320 g/mol. The smallest absolute Gasteiger partial charge is 0.107 e. The monoisotopic (exact) mass is 336 g/mol. The highest BCUT2D eigenvalue weighted by Crippen LogP contribution is 2.44. The van der Waals surface area contributed by atoms with Gasteiger partial charge in [-0.25, -0.2) is 0 Å². The Labute approximate surface area is 120 Å². The number of aliphatic hydroxyl groups is 1. The van der Waals surface area contributed by atoms with E-state index in [2.05, 4.69) is 22.9 Å². The molecule has 0 saturated heterocycles. The van der Waals surface area contributed by atoms with Crippen LogP contribution in [0.25, 0.3) is 0 Å². The van der Waals surface area contributed by atoms with Gasteiger partial charge in [0.25, 0.3) is 0 Å². The van der Waals surface area contributed by atoms with Crippen molar-refractivity contribution < 1.29 is 5.11 Å². The fourth-order valence-electron chi connectivity index (χ4n) is 2.88. The number of halogens is 2. The van der Waals surface area contributed by atoms with Crippen molar-refractivity contribution in [1.29, 1.82) is 0 Å². The molecule has 0 aromatic carbocycles. The summed E-state index contributed by atoms with van der Waals surface area (Å²) < 4.78 is 1.64. The lowest BCUT2D eigenvalue weighted by Crippen LogP contribution is -2.24. The first-order valence-electron chi connectivity index (χ1n) is 6.26. The zero-order valence-corrected chi connectivity index (χ0v) is 13.1. The Hall–Kier alpha value is 0.430. The molecule has 1 fully saturated rings. The second kappa shape index (κ2) is 6.05. The first kappa shape index (κ1) is 13.9. The molecule has 1 aliphatic carbocycles. The molecule has 1 nitrogen and oxygen atoms in total. The molecule has 17 heavy (non-hydrogen) atoms. The van der Waals surface area contributed by atoms with Gasteiger partial charge in [0, 0.05) is 9.35 Å². The molecule has 1 saturated carbocycles. The fourth-order valence-corrected chi connectivity index (χ4v) is 4.68. The quantitative estimate of drug-likeness (QED) is 0.781. The first-order chi connectivity index (χ1) is 8.13. The summed E-state index contributed by atoms with van der Waals surface area (Å²) in [7, 11) is 0. The number of aliphatic hydroxyl groups excluding tert-OH is 1. The normalized spacial score (nSPS) is 27.1. The van der Waals surface area contributed by atoms with Gasteiger partial charge in [-0.3, -0.25) is 0 Å². The van der Waals surface area contributed by atoms with Crippen molar-refractivity contribution in [1.82, 2.24) is 0 Å². The molecule has 1 heterocycles. The summed E-state index contributed by atoms with van der Waals surface area (Å²) in [6, 6.07) is 1.97. The highest BCUT2D eigenvalue weighted by Gasteiger charge is 2.31. The first-order valence-corrected chi connectivity index (χ1v) is 8.25. The summed E-state index contributed by atoms with van der Waals surface area (Å²) in [5.41, 5.74) is 0. The maximum absolute atomic E-state index is 10.5. The van der Waals surface area contributed by atoms with Crippen LogP contribution in [-0.4, -0.2) is 5.11 Å². The molecule has 1 aromatic heterocycles. The maximum atomic E-state index is 10.5. The van der Waals surface area contributed by atoms with E-state index in [9.17, 15) is 5.11 Å². The summed E-state index contributed by atoms with van der Waals surface area (Å²) in [6.45, 7) is 2.23. The Morgan fingerprint density at radius 3 is 2.82 bits per heavy atom. The molecule has 1 aromatic rings. The van der Waals surface area contributed by atoms with Crippen molar-refractivity contribution in [3.63, 3.8) is 0 Å². The minimum atomic E-state index is -0.339. The van der Waals surface area contributed by atoms with Crippen molar-refractivity contribution in [2.45, 2.75) is 45.1 Å². The van der Waals surface area contributed by atoms with E-state index >= 15 is 0 Å². The van der Waals surface area contributed by atoms with Crippen LogP contribution in [0.1, 0.15) is 50.0 Å². The van der Waals surface area contributed by atoms with Gasteiger partial charge in [-0.1, -0.05) is 44.2 Å². The van der Waals surface area contributed by atoms with Gasteiger partial charge in [-0.2, -0.15) is 0 Å². The Balaban J connectivity index is 2.14. The summed E-state index contributed by atoms with van der Waals surface area (Å²) >= 11 is 10.9. The standard InChI is InChI=1S/C13H18BrClOS/c1-2-8-5-3-4-6-9(8)12(16)11-7-10(14)13(15)17-11/h7-9,12,16H,2-6H2,1H3. The summed E-state index contributed by atoms with van der Waals surface area (Å²) in [5.74, 6) is 1.08. The van der Waals surface area contributed by atoms with E-state index in [1.165, 1.54) is 37.0 Å². The molecule has 1 N–H and O–H groups in total. The molecule has 4 heteroatoms. The molecule has 3 atom stereocenters. The van der Waals surface area contributed by atoms with E-state index in [0.29, 0.717) is 11.8 Å². The summed E-state index contributed by atoms with van der Waals surface area (Å²) in [5, 5.41) is 10.5. The van der Waals surface area contributed by atoms with Crippen LogP contribution >= 0.6 is 38.9 Å². The lowest BCUT2D eigenvalue weighted by atomic mass is 9.74. The van der Waals surface area contributed by atoms with E-state index < -0.39 is 0 Å². The van der Waals surface area contributed by atoms with E-state index in [4.69, 9.17) is 11.6 Å². The molecule has 3 unspecified atom stereocenters. The lowest BCUT2D eigenvalue weighted by molar-refractivity contribution is 0.0477. The van der Waals surface area contributed by atoms with Gasteiger partial charge in [-0.15, -0.1) is 11.3 Å². The lowest BCUT2D eigenvalue weighted by Gasteiger charge is -2.33. The highest BCUT2D eigenvalue weighted by molar-refractivity contribution is 9.10. The van der Waals surface area contributed by atoms with Gasteiger partial charge in [0.15, 0.2) is 0 Å². The van der Waals surface area contributed by atoms with E-state index in [1.807, 2.05) is 6.07 Å². The maximum Gasteiger partial charge on any atom is 0.107 e. The Bertz CT molecular complexity index is 360. The average Bonchev–Trinajstić information content (AvgIpc) is 2.68. The van der Waals surface area contributed by atoms with Gasteiger partial charge in [0.2, 0.25) is 0 Å². The van der Waals surface area contributed by atoms with Crippen LogP contribution in [0.15, 0.2) is 10.5 Å². The van der Waals surface area contributed by atoms with Crippen LogP contribution in [0.5, 0.6) is 0 Å². The van der Waals surface area contributed by atoms with Crippen molar-refractivity contribution in [3.05, 3.63) is 19.8 Å². The van der Waals surface area contributed by atoms with Crippen molar-refractivity contribution in [2.75, 3.05) is 0 Å². The zero-order valence-electron chi connectivity index (χ0n) is 9.96. The van der Waals surface area contributed by atoms with Gasteiger partial charge in [0.05, 0.1) is 6.10 Å². The van der Waals surface area contributed by atoms with Crippen molar-refractivity contribution in [3.8, 4) is 0 Å². The topological polar surface area (TPSA) is 20.2 Å². The third kappa shape index (κ3) is 3.06. The summed E-state index contributed by atoms with van der Waals surface area (Å²) in [6.07, 6.45) is 5.80. The van der Waals surface area contributed by atoms with E-state index in [-0.39, 0.29) is 6.10 Å². The Morgan fingerprint density at radius 2 is 2.24 bits per heavy atom. The van der Waals surface area contributed by atoms with Gasteiger partial charge in [0.1, 0.15) is 4.34 Å². The SMILES string of the molecule is CCC1CCCCC1C(O)c1cc(Br)c(Cl)s1. The third-order valence-corrected chi connectivity index (χ3v) is 6.40. The van der Waals surface area contributed by atoms with Crippen LogP contribution in [0.2, 0.25) is 4.34 Å². The predicted molar refractivity (Wildman–Crippen MR) is 77.7 cm³/mol. The summed E-state index contributed by atoms with van der Waals surface area (Å²) in [4.78, 5) is 1.01. The number of thiophene rings is 1. The predicted octanol–water partition coefficient (Wildman–Crippen LogP) is 5.41. The second-order valence-electron chi connectivity index (χ2n) is 4.83. The number of hydrogen-bond donors (Lipinski definition) is 1. The highest BCUT2D eigenvalue weighted by atomic mass is 79.9. The number of rotatable bonds is 3. The largest absolute Gasteiger partial charge is 0.387 e. The molecular formula is C13H18BrClOS. The van der Waals surface area contributed by atoms with E-state index in [1.54, 1.807) is 0 Å². The molecule has 1 aliphatic rings. The average molecular weight is 338 g/mol. The zero-order chi connectivity index (χ0) is 12.4. The van der Waals surface area contributed by atoms with Crippen molar-refractivity contribution >= 4 is 38.9 Å². The number of hydrogen-bond acceptors (Lipinski definition) is 2. The van der Waals surface area contributed by atoms with E-state index in [0.717, 1.165) is 20.1 Å². The Morgan fingerprint density at radius 1 is 1.53 bits per heavy atom. The molecule has 0 radical (unpaired) electrons. The molecule has 0 bridgehead atoms. The Kier molecular flexibility index (Phi) is 4.93. The van der Waals surface area contributed by atoms with Gasteiger partial charge < -0.3 is 5.11 Å². The molecule has 2 rings (SSSR count). The van der Waals surface area contributed by atoms with Crippen LogP contribution in [0.3, 0.4) is 0 Å². The van der Waals surface area contributed by atoms with Gasteiger partial charge >= 0.3 is 0 Å². The van der Waals surface area contributed by atoms with Crippen molar-refractivity contribution in [2.24, 2.45) is 11.8 Å². The van der Waals surface area contributed by atoms with Crippen LogP contribution in [-0.2, 0) is 0 Å². The third-order valence-electron chi connectivity index (χ3n) is 3.85. The molecule has 0 spiro atoms. The molecule has 96 valence electrons. The van der Waals surface area contributed by atoms with Crippen LogP contribution in [0.4, 0.5) is 0 Å².